The van der Waals surface area contributed by atoms with Crippen molar-refractivity contribution in [2.75, 3.05) is 7.11 Å². The van der Waals surface area contributed by atoms with Crippen LogP contribution in [0.2, 0.25) is 0 Å². The van der Waals surface area contributed by atoms with Crippen LogP contribution >= 0.6 is 0 Å². The Bertz CT molecular complexity index is 1290. The zero-order chi connectivity index (χ0) is 23.2. The van der Waals surface area contributed by atoms with Crippen molar-refractivity contribution in [1.29, 1.82) is 0 Å². The Morgan fingerprint density at radius 2 is 1.85 bits per heavy atom. The molecular formula is C23H21F3N6O. The summed E-state index contributed by atoms with van der Waals surface area (Å²) in [7, 11) is 1.55. The van der Waals surface area contributed by atoms with Gasteiger partial charge in [-0.1, -0.05) is 12.1 Å². The molecule has 0 saturated carbocycles. The second-order valence-corrected chi connectivity index (χ2v) is 7.98. The van der Waals surface area contributed by atoms with Gasteiger partial charge in [0.05, 0.1) is 24.7 Å². The lowest BCUT2D eigenvalue weighted by molar-refractivity contribution is -0.137. The average Bonchev–Trinajstić information content (AvgIpc) is 3.44. The third kappa shape index (κ3) is 3.96. The number of fused-ring (bicyclic) bond motifs is 1. The molecule has 1 aromatic carbocycles. The lowest BCUT2D eigenvalue weighted by Crippen LogP contribution is -2.18. The number of ether oxygens (including phenoxy) is 1. The van der Waals surface area contributed by atoms with Gasteiger partial charge >= 0.3 is 6.18 Å². The van der Waals surface area contributed by atoms with Crippen molar-refractivity contribution in [3.8, 4) is 23.1 Å². The van der Waals surface area contributed by atoms with Gasteiger partial charge in [-0.05, 0) is 49.6 Å². The minimum atomic E-state index is -4.36. The van der Waals surface area contributed by atoms with Gasteiger partial charge in [0, 0.05) is 18.7 Å². The fourth-order valence-corrected chi connectivity index (χ4v) is 4.14. The molecule has 3 aromatic heterocycles. The first-order chi connectivity index (χ1) is 15.8. The maximum Gasteiger partial charge on any atom is 0.416 e. The molecule has 0 saturated heterocycles. The average molecular weight is 454 g/mol. The van der Waals surface area contributed by atoms with Crippen molar-refractivity contribution in [2.24, 2.45) is 0 Å². The summed E-state index contributed by atoms with van der Waals surface area (Å²) in [5.74, 6) is 1.47. The molecule has 5 rings (SSSR count). The molecule has 0 unspecified atom stereocenters. The first-order valence-corrected chi connectivity index (χ1v) is 10.5. The number of alkyl halides is 3. The number of hydrogen-bond acceptors (Lipinski definition) is 5. The predicted octanol–water partition coefficient (Wildman–Crippen LogP) is 4.79. The van der Waals surface area contributed by atoms with Crippen LogP contribution in [0.25, 0.3) is 17.2 Å². The molecule has 1 aliphatic heterocycles. The smallest absolute Gasteiger partial charge is 0.416 e. The zero-order valence-electron chi connectivity index (χ0n) is 18.0. The Morgan fingerprint density at radius 1 is 1.06 bits per heavy atom. The molecular weight excluding hydrogens is 433 g/mol. The SMILES string of the molecule is COc1nc(-c2nc3n(n2)CCC[C@@H]3c2ccc(C(F)(F)F)cc2)ccc1-n1cnc(C)c1. The number of rotatable bonds is 4. The van der Waals surface area contributed by atoms with Gasteiger partial charge in [0.25, 0.3) is 0 Å². The van der Waals surface area contributed by atoms with E-state index < -0.39 is 11.7 Å². The van der Waals surface area contributed by atoms with Crippen molar-refractivity contribution in [3.05, 3.63) is 71.6 Å². The third-order valence-corrected chi connectivity index (χ3v) is 5.77. The molecule has 10 heteroatoms. The van der Waals surface area contributed by atoms with Crippen LogP contribution in [0.3, 0.4) is 0 Å². The first kappa shape index (κ1) is 21.2. The van der Waals surface area contributed by atoms with Gasteiger partial charge in [0.1, 0.15) is 17.2 Å². The van der Waals surface area contributed by atoms with E-state index in [1.54, 1.807) is 13.4 Å². The normalized spacial score (nSPS) is 16.0. The van der Waals surface area contributed by atoms with Crippen molar-refractivity contribution in [1.82, 2.24) is 29.3 Å². The maximum absolute atomic E-state index is 12.9. The summed E-state index contributed by atoms with van der Waals surface area (Å²) in [6.07, 6.45) is 0.860. The van der Waals surface area contributed by atoms with Gasteiger partial charge < -0.3 is 9.30 Å². The van der Waals surface area contributed by atoms with Gasteiger partial charge in [-0.3, -0.25) is 0 Å². The molecule has 7 nitrogen and oxygen atoms in total. The third-order valence-electron chi connectivity index (χ3n) is 5.77. The molecule has 170 valence electrons. The number of aryl methyl sites for hydroxylation is 2. The minimum Gasteiger partial charge on any atom is -0.479 e. The monoisotopic (exact) mass is 454 g/mol. The number of aromatic nitrogens is 6. The highest BCUT2D eigenvalue weighted by Crippen LogP contribution is 2.36. The van der Waals surface area contributed by atoms with E-state index >= 15 is 0 Å². The second kappa shape index (κ2) is 8.02. The predicted molar refractivity (Wildman–Crippen MR) is 114 cm³/mol. The molecule has 0 bridgehead atoms. The molecule has 0 amide bonds. The van der Waals surface area contributed by atoms with Crippen LogP contribution in [-0.2, 0) is 12.7 Å². The van der Waals surface area contributed by atoms with E-state index in [0.29, 0.717) is 23.9 Å². The van der Waals surface area contributed by atoms with E-state index in [-0.39, 0.29) is 5.92 Å². The van der Waals surface area contributed by atoms with E-state index in [1.165, 1.54) is 12.1 Å². The van der Waals surface area contributed by atoms with Crippen LogP contribution in [0.1, 0.15) is 41.4 Å². The highest BCUT2D eigenvalue weighted by atomic mass is 19.4. The van der Waals surface area contributed by atoms with Gasteiger partial charge in [0.2, 0.25) is 5.88 Å². The fraction of sp³-hybridized carbons (Fsp3) is 0.304. The molecule has 0 radical (unpaired) electrons. The molecule has 33 heavy (non-hydrogen) atoms. The minimum absolute atomic E-state index is 0.127. The lowest BCUT2D eigenvalue weighted by Gasteiger charge is -2.22. The molecule has 0 spiro atoms. The van der Waals surface area contributed by atoms with Crippen LogP contribution < -0.4 is 4.74 Å². The lowest BCUT2D eigenvalue weighted by atomic mass is 9.90. The van der Waals surface area contributed by atoms with Gasteiger partial charge in [0.15, 0.2) is 5.82 Å². The molecule has 4 aromatic rings. The Hall–Kier alpha value is -3.69. The summed E-state index contributed by atoms with van der Waals surface area (Å²) < 4.78 is 48.0. The molecule has 4 heterocycles. The van der Waals surface area contributed by atoms with E-state index in [9.17, 15) is 13.2 Å². The fourth-order valence-electron chi connectivity index (χ4n) is 4.14. The summed E-state index contributed by atoms with van der Waals surface area (Å²) in [5, 5.41) is 4.62. The number of hydrogen-bond donors (Lipinski definition) is 0. The molecule has 0 aliphatic carbocycles. The van der Waals surface area contributed by atoms with Gasteiger partial charge in [-0.25, -0.2) is 19.6 Å². The summed E-state index contributed by atoms with van der Waals surface area (Å²) in [4.78, 5) is 13.6. The summed E-state index contributed by atoms with van der Waals surface area (Å²) in [6.45, 7) is 2.60. The Labute approximate surface area is 187 Å². The van der Waals surface area contributed by atoms with E-state index in [0.717, 1.165) is 47.7 Å². The van der Waals surface area contributed by atoms with Crippen molar-refractivity contribution >= 4 is 0 Å². The van der Waals surface area contributed by atoms with E-state index in [2.05, 4.69) is 15.1 Å². The van der Waals surface area contributed by atoms with Crippen molar-refractivity contribution in [2.45, 2.75) is 38.4 Å². The van der Waals surface area contributed by atoms with Crippen LogP contribution in [0, 0.1) is 6.92 Å². The maximum atomic E-state index is 12.9. The summed E-state index contributed by atoms with van der Waals surface area (Å²) in [5.41, 5.74) is 2.31. The van der Waals surface area contributed by atoms with E-state index in [1.807, 2.05) is 34.5 Å². The van der Waals surface area contributed by atoms with Gasteiger partial charge in [-0.2, -0.15) is 13.2 Å². The standard InChI is InChI=1S/C23H21F3N6O/c1-14-12-31(13-27-14)19-10-9-18(28-22(19)33-2)20-29-21-17(4-3-11-32(21)30-20)15-5-7-16(8-6-15)23(24,25)26/h5-10,12-13,17H,3-4,11H2,1-2H3/t17-/m1/s1. The summed E-state index contributed by atoms with van der Waals surface area (Å²) in [6, 6.07) is 8.99. The molecule has 0 N–H and O–H groups in total. The number of nitrogens with zero attached hydrogens (tertiary/aromatic N) is 6. The zero-order valence-corrected chi connectivity index (χ0v) is 18.0. The number of methoxy groups -OCH3 is 1. The van der Waals surface area contributed by atoms with Crippen LogP contribution in [0.15, 0.2) is 48.9 Å². The summed E-state index contributed by atoms with van der Waals surface area (Å²) >= 11 is 0. The van der Waals surface area contributed by atoms with E-state index in [4.69, 9.17) is 9.72 Å². The quantitative estimate of drug-likeness (QED) is 0.444. The molecule has 1 aliphatic rings. The van der Waals surface area contributed by atoms with Crippen molar-refractivity contribution < 1.29 is 17.9 Å². The van der Waals surface area contributed by atoms with Crippen LogP contribution in [0.4, 0.5) is 13.2 Å². The molecule has 1 atom stereocenters. The Kier molecular flexibility index (Phi) is 5.15. The van der Waals surface area contributed by atoms with Crippen LogP contribution in [-0.4, -0.2) is 36.4 Å². The first-order valence-electron chi connectivity index (χ1n) is 10.5. The number of halogens is 3. The second-order valence-electron chi connectivity index (χ2n) is 7.98. The Morgan fingerprint density at radius 3 is 2.52 bits per heavy atom. The molecule has 0 fully saturated rings. The number of benzene rings is 1. The highest BCUT2D eigenvalue weighted by Gasteiger charge is 2.31. The largest absolute Gasteiger partial charge is 0.479 e. The number of pyridine rings is 1. The topological polar surface area (TPSA) is 70.7 Å². The van der Waals surface area contributed by atoms with Gasteiger partial charge in [-0.15, -0.1) is 5.10 Å². The Balaban J connectivity index is 1.48. The van der Waals surface area contributed by atoms with Crippen molar-refractivity contribution in [3.63, 3.8) is 0 Å². The number of imidazole rings is 1. The highest BCUT2D eigenvalue weighted by molar-refractivity contribution is 5.55. The van der Waals surface area contributed by atoms with Crippen LogP contribution in [0.5, 0.6) is 5.88 Å².